The van der Waals surface area contributed by atoms with Crippen LogP contribution in [0.2, 0.25) is 0 Å². The Bertz CT molecular complexity index is 832. The van der Waals surface area contributed by atoms with Crippen LogP contribution < -0.4 is 15.5 Å². The molecule has 0 radical (unpaired) electrons. The molecule has 0 bridgehead atoms. The lowest BCUT2D eigenvalue weighted by Gasteiger charge is -2.26. The van der Waals surface area contributed by atoms with Crippen LogP contribution in [-0.4, -0.2) is 75.2 Å². The van der Waals surface area contributed by atoms with Crippen molar-refractivity contribution in [2.24, 2.45) is 0 Å². The van der Waals surface area contributed by atoms with Crippen molar-refractivity contribution in [2.45, 2.75) is 0 Å². The summed E-state index contributed by atoms with van der Waals surface area (Å²) < 4.78 is 5.31. The lowest BCUT2D eigenvalue weighted by Crippen LogP contribution is -2.41. The van der Waals surface area contributed by atoms with Crippen LogP contribution in [0, 0.1) is 0 Å². The number of anilines is 2. The number of morpholine rings is 1. The van der Waals surface area contributed by atoms with E-state index in [0.717, 1.165) is 38.5 Å². The van der Waals surface area contributed by atoms with E-state index in [-0.39, 0.29) is 11.8 Å². The first-order valence-electron chi connectivity index (χ1n) is 9.65. The summed E-state index contributed by atoms with van der Waals surface area (Å²) in [6.07, 6.45) is 2.92. The van der Waals surface area contributed by atoms with Gasteiger partial charge >= 0.3 is 0 Å². The van der Waals surface area contributed by atoms with Crippen molar-refractivity contribution in [2.75, 3.05) is 63.7 Å². The monoisotopic (exact) mass is 397 g/mol. The standard InChI is InChI=1S/C21H27N5O3/c1-25(2)19-5-3-18(4-6-19)24-21(28)17-13-16(14-22-15-17)20(27)23-7-8-26-9-11-29-12-10-26/h3-6,13-15H,7-12H2,1-2H3,(H,23,27)(H,24,28). The molecule has 0 spiro atoms. The number of amides is 2. The second-order valence-electron chi connectivity index (χ2n) is 7.07. The van der Waals surface area contributed by atoms with E-state index in [9.17, 15) is 9.59 Å². The molecule has 2 N–H and O–H groups in total. The fourth-order valence-corrected chi connectivity index (χ4v) is 2.99. The Morgan fingerprint density at radius 1 is 1.07 bits per heavy atom. The maximum absolute atomic E-state index is 12.5. The summed E-state index contributed by atoms with van der Waals surface area (Å²) in [7, 11) is 3.91. The van der Waals surface area contributed by atoms with Crippen molar-refractivity contribution in [3.05, 3.63) is 53.9 Å². The van der Waals surface area contributed by atoms with Crippen LogP contribution in [-0.2, 0) is 4.74 Å². The number of nitrogens with one attached hydrogen (secondary N) is 2. The number of hydrogen-bond donors (Lipinski definition) is 2. The summed E-state index contributed by atoms with van der Waals surface area (Å²) in [6.45, 7) is 4.52. The van der Waals surface area contributed by atoms with Crippen molar-refractivity contribution < 1.29 is 14.3 Å². The van der Waals surface area contributed by atoms with Crippen LogP contribution in [0.25, 0.3) is 0 Å². The second kappa shape index (κ2) is 9.99. The fourth-order valence-electron chi connectivity index (χ4n) is 2.99. The molecule has 0 atom stereocenters. The number of benzene rings is 1. The molecule has 1 aromatic heterocycles. The molecule has 1 fully saturated rings. The quantitative estimate of drug-likeness (QED) is 0.736. The van der Waals surface area contributed by atoms with Gasteiger partial charge in [0.2, 0.25) is 0 Å². The number of carbonyl (C=O) groups is 2. The van der Waals surface area contributed by atoms with Crippen molar-refractivity contribution >= 4 is 23.2 Å². The first-order chi connectivity index (χ1) is 14.0. The third-order valence-electron chi connectivity index (χ3n) is 4.72. The molecule has 1 aliphatic rings. The average Bonchev–Trinajstić information content (AvgIpc) is 2.75. The van der Waals surface area contributed by atoms with Gasteiger partial charge in [-0.3, -0.25) is 19.5 Å². The summed E-state index contributed by atoms with van der Waals surface area (Å²) in [4.78, 5) is 33.2. The Labute approximate surface area is 170 Å². The van der Waals surface area contributed by atoms with Crippen LogP contribution in [0.1, 0.15) is 20.7 Å². The summed E-state index contributed by atoms with van der Waals surface area (Å²) in [5.41, 5.74) is 2.42. The smallest absolute Gasteiger partial charge is 0.257 e. The van der Waals surface area contributed by atoms with Crippen molar-refractivity contribution in [1.29, 1.82) is 0 Å². The Balaban J connectivity index is 1.54. The zero-order valence-corrected chi connectivity index (χ0v) is 16.9. The molecule has 2 amide bonds. The molecule has 3 rings (SSSR count). The topological polar surface area (TPSA) is 86.8 Å². The van der Waals surface area contributed by atoms with Crippen molar-refractivity contribution in [3.8, 4) is 0 Å². The number of ether oxygens (including phenoxy) is 1. The zero-order valence-electron chi connectivity index (χ0n) is 16.9. The second-order valence-corrected chi connectivity index (χ2v) is 7.07. The van der Waals surface area contributed by atoms with E-state index < -0.39 is 0 Å². The van der Waals surface area contributed by atoms with Crippen LogP contribution in [0.5, 0.6) is 0 Å². The van der Waals surface area contributed by atoms with Gasteiger partial charge in [0.25, 0.3) is 11.8 Å². The number of nitrogens with zero attached hydrogens (tertiary/aromatic N) is 3. The summed E-state index contributed by atoms with van der Waals surface area (Å²) in [5.74, 6) is -0.547. The van der Waals surface area contributed by atoms with Gasteiger partial charge in [0.1, 0.15) is 0 Å². The molecule has 1 saturated heterocycles. The van der Waals surface area contributed by atoms with E-state index in [0.29, 0.717) is 23.4 Å². The Kier molecular flexibility index (Phi) is 7.15. The Hall–Kier alpha value is -2.97. The van der Waals surface area contributed by atoms with E-state index in [1.165, 1.54) is 12.4 Å². The molecule has 0 saturated carbocycles. The van der Waals surface area contributed by atoms with Crippen LogP contribution in [0.15, 0.2) is 42.7 Å². The number of pyridine rings is 1. The normalized spacial score (nSPS) is 14.3. The van der Waals surface area contributed by atoms with Crippen LogP contribution in [0.4, 0.5) is 11.4 Å². The fraction of sp³-hybridized carbons (Fsp3) is 0.381. The minimum absolute atomic E-state index is 0.240. The van der Waals surface area contributed by atoms with E-state index in [1.807, 2.05) is 43.3 Å². The number of hydrogen-bond acceptors (Lipinski definition) is 6. The number of rotatable bonds is 7. The first-order valence-corrected chi connectivity index (χ1v) is 9.65. The molecule has 2 heterocycles. The summed E-state index contributed by atoms with van der Waals surface area (Å²) in [6, 6.07) is 9.07. The largest absolute Gasteiger partial charge is 0.379 e. The predicted octanol–water partition coefficient (Wildman–Crippen LogP) is 1.46. The van der Waals surface area contributed by atoms with E-state index in [2.05, 4.69) is 20.5 Å². The third-order valence-corrected chi connectivity index (χ3v) is 4.72. The first kappa shape index (κ1) is 20.8. The lowest BCUT2D eigenvalue weighted by atomic mass is 10.1. The molecular weight excluding hydrogens is 370 g/mol. The minimum Gasteiger partial charge on any atom is -0.379 e. The lowest BCUT2D eigenvalue weighted by molar-refractivity contribution is 0.0383. The minimum atomic E-state index is -0.307. The summed E-state index contributed by atoms with van der Waals surface area (Å²) >= 11 is 0. The highest BCUT2D eigenvalue weighted by atomic mass is 16.5. The molecule has 8 nitrogen and oxygen atoms in total. The van der Waals surface area contributed by atoms with Gasteiger partial charge in [0, 0.05) is 64.0 Å². The molecular formula is C21H27N5O3. The van der Waals surface area contributed by atoms with Gasteiger partial charge in [-0.1, -0.05) is 0 Å². The Morgan fingerprint density at radius 2 is 1.72 bits per heavy atom. The molecule has 0 aliphatic carbocycles. The highest BCUT2D eigenvalue weighted by Crippen LogP contribution is 2.16. The van der Waals surface area contributed by atoms with E-state index in [4.69, 9.17) is 4.74 Å². The van der Waals surface area contributed by atoms with Gasteiger partial charge in [-0.2, -0.15) is 0 Å². The van der Waals surface area contributed by atoms with Gasteiger partial charge in [-0.15, -0.1) is 0 Å². The average molecular weight is 397 g/mol. The number of carbonyl (C=O) groups excluding carboxylic acids is 2. The van der Waals surface area contributed by atoms with E-state index in [1.54, 1.807) is 6.07 Å². The van der Waals surface area contributed by atoms with Crippen molar-refractivity contribution in [3.63, 3.8) is 0 Å². The Morgan fingerprint density at radius 3 is 2.38 bits per heavy atom. The molecule has 2 aromatic rings. The SMILES string of the molecule is CN(C)c1ccc(NC(=O)c2cncc(C(=O)NCCN3CCOCC3)c2)cc1. The highest BCUT2D eigenvalue weighted by Gasteiger charge is 2.13. The van der Waals surface area contributed by atoms with E-state index >= 15 is 0 Å². The summed E-state index contributed by atoms with van der Waals surface area (Å²) in [5, 5.41) is 5.71. The molecule has 1 aliphatic heterocycles. The van der Waals surface area contributed by atoms with Crippen molar-refractivity contribution in [1.82, 2.24) is 15.2 Å². The molecule has 1 aromatic carbocycles. The molecule has 154 valence electrons. The highest BCUT2D eigenvalue weighted by molar-refractivity contribution is 6.05. The molecule has 0 unspecified atom stereocenters. The van der Waals surface area contributed by atoms with Gasteiger partial charge in [-0.25, -0.2) is 0 Å². The van der Waals surface area contributed by atoms with Crippen LogP contribution >= 0.6 is 0 Å². The maximum atomic E-state index is 12.5. The van der Waals surface area contributed by atoms with Crippen LogP contribution in [0.3, 0.4) is 0 Å². The van der Waals surface area contributed by atoms with Gasteiger partial charge in [0.15, 0.2) is 0 Å². The maximum Gasteiger partial charge on any atom is 0.257 e. The van der Waals surface area contributed by atoms with Gasteiger partial charge in [0.05, 0.1) is 24.3 Å². The predicted molar refractivity (Wildman–Crippen MR) is 113 cm³/mol. The molecule has 8 heteroatoms. The number of aromatic nitrogens is 1. The molecule has 29 heavy (non-hydrogen) atoms. The third kappa shape index (κ3) is 6.00. The van der Waals surface area contributed by atoms with Gasteiger partial charge in [-0.05, 0) is 30.3 Å². The van der Waals surface area contributed by atoms with Gasteiger partial charge < -0.3 is 20.3 Å². The zero-order chi connectivity index (χ0) is 20.6.